The van der Waals surface area contributed by atoms with Gasteiger partial charge in [-0.15, -0.1) is 0 Å². The zero-order valence-electron chi connectivity index (χ0n) is 27.9. The van der Waals surface area contributed by atoms with Crippen molar-refractivity contribution in [2.24, 2.45) is 7.05 Å². The van der Waals surface area contributed by atoms with Gasteiger partial charge in [-0.25, -0.2) is 18.5 Å². The smallest absolute Gasteiger partial charge is 0.431 e. The molecule has 23 heteroatoms. The highest BCUT2D eigenvalue weighted by molar-refractivity contribution is 7.91. The fraction of sp³-hybridized carbons (Fsp3) is 0.345. The Balaban J connectivity index is 0.000000305. The number of carboxylic acid groups (broad SMARTS) is 1. The first-order valence-electron chi connectivity index (χ1n) is 14.6. The first-order chi connectivity index (χ1) is 23.8. The molecule has 17 nitrogen and oxygen atoms in total. The Morgan fingerprint density at radius 3 is 2.15 bits per heavy atom. The average Bonchev–Trinajstić information content (AvgIpc) is 2.98. The van der Waals surface area contributed by atoms with Gasteiger partial charge in [0.1, 0.15) is 5.69 Å². The van der Waals surface area contributed by atoms with Gasteiger partial charge in [-0.05, 0) is 58.0 Å². The number of hydrogen-bond donors (Lipinski definition) is 5. The number of para-hydroxylation sites is 1. The SMILES string of the molecule is CC(C)N1C(=O)c2ccccc2NS1(=O)=O.CC(C)OC(=O)c1cc(-n2c(=O)cc(C(F)(F)F)n(C)c2=O)ccc1Cl.O=C(O)CNCP(=O)(O)O. The summed E-state index contributed by atoms with van der Waals surface area (Å²) < 4.78 is 81.4. The van der Waals surface area contributed by atoms with Gasteiger partial charge in [0.15, 0.2) is 0 Å². The van der Waals surface area contributed by atoms with Crippen molar-refractivity contribution < 1.29 is 60.2 Å². The number of rotatable bonds is 8. The van der Waals surface area contributed by atoms with E-state index in [2.05, 4.69) is 10.0 Å². The lowest BCUT2D eigenvalue weighted by molar-refractivity contribution is -0.144. The van der Waals surface area contributed by atoms with Crippen molar-refractivity contribution in [2.75, 3.05) is 17.6 Å². The molecule has 1 aliphatic heterocycles. The highest BCUT2D eigenvalue weighted by atomic mass is 35.5. The van der Waals surface area contributed by atoms with Gasteiger partial charge in [0.2, 0.25) is 0 Å². The van der Waals surface area contributed by atoms with E-state index in [4.69, 9.17) is 31.2 Å². The number of esters is 1. The molecule has 2 heterocycles. The molecule has 0 radical (unpaired) electrons. The van der Waals surface area contributed by atoms with Crippen LogP contribution in [0.25, 0.3) is 5.69 Å². The van der Waals surface area contributed by atoms with Crippen LogP contribution in [0.15, 0.2) is 58.1 Å². The molecule has 5 N–H and O–H groups in total. The molecule has 0 atom stereocenters. The van der Waals surface area contributed by atoms with Crippen molar-refractivity contribution in [1.82, 2.24) is 18.8 Å². The summed E-state index contributed by atoms with van der Waals surface area (Å²) in [5, 5.41) is 10.1. The van der Waals surface area contributed by atoms with Gasteiger partial charge in [0.25, 0.3) is 11.5 Å². The maximum absolute atomic E-state index is 12.9. The van der Waals surface area contributed by atoms with Crippen LogP contribution < -0.4 is 21.3 Å². The maximum Gasteiger partial charge on any atom is 0.431 e. The average molecular weight is 800 g/mol. The van der Waals surface area contributed by atoms with Crippen LogP contribution in [0, 0.1) is 0 Å². The van der Waals surface area contributed by atoms with Crippen molar-refractivity contribution in [3.63, 3.8) is 0 Å². The van der Waals surface area contributed by atoms with Crippen LogP contribution in [0.3, 0.4) is 0 Å². The molecule has 1 aromatic heterocycles. The van der Waals surface area contributed by atoms with Crippen molar-refractivity contribution in [1.29, 1.82) is 0 Å². The topological polar surface area (TPSA) is 244 Å². The van der Waals surface area contributed by atoms with Gasteiger partial charge >= 0.3 is 41.6 Å². The number of carboxylic acids is 1. The lowest BCUT2D eigenvalue weighted by atomic mass is 10.1. The highest BCUT2D eigenvalue weighted by Gasteiger charge is 2.37. The van der Waals surface area contributed by atoms with E-state index in [9.17, 15) is 50.1 Å². The number of amides is 1. The number of nitrogens with one attached hydrogen (secondary N) is 2. The van der Waals surface area contributed by atoms with E-state index in [1.54, 1.807) is 52.0 Å². The number of nitrogens with zero attached hydrogens (tertiary/aromatic N) is 3. The Morgan fingerprint density at radius 1 is 1.04 bits per heavy atom. The van der Waals surface area contributed by atoms with Gasteiger partial charge in [0, 0.05) is 19.2 Å². The number of benzene rings is 2. The molecule has 0 unspecified atom stereocenters. The van der Waals surface area contributed by atoms with Crippen LogP contribution in [0.1, 0.15) is 54.1 Å². The monoisotopic (exact) mass is 799 g/mol. The molecular formula is C29H34ClF3N5O12PS. The molecule has 52 heavy (non-hydrogen) atoms. The second-order valence-electron chi connectivity index (χ2n) is 11.2. The number of aliphatic carboxylic acids is 1. The lowest BCUT2D eigenvalue weighted by Crippen LogP contribution is -2.48. The Labute approximate surface area is 298 Å². The number of alkyl halides is 3. The van der Waals surface area contributed by atoms with Crippen LogP contribution in [-0.4, -0.2) is 79.6 Å². The zero-order chi connectivity index (χ0) is 39.9. The summed E-state index contributed by atoms with van der Waals surface area (Å²) in [4.78, 5) is 74.6. The first kappa shape index (κ1) is 43.6. The second kappa shape index (κ2) is 17.3. The van der Waals surface area contributed by atoms with Gasteiger partial charge in [-0.1, -0.05) is 23.7 Å². The quantitative estimate of drug-likeness (QED) is 0.163. The molecule has 0 aliphatic carbocycles. The second-order valence-corrected chi connectivity index (χ2v) is 14.8. The third-order valence-corrected chi connectivity index (χ3v) is 8.85. The minimum absolute atomic E-state index is 0.0104. The molecule has 286 valence electrons. The molecule has 0 saturated carbocycles. The normalized spacial score (nSPS) is 13.6. The lowest BCUT2D eigenvalue weighted by Gasteiger charge is -2.31. The third kappa shape index (κ3) is 11.8. The van der Waals surface area contributed by atoms with Gasteiger partial charge < -0.3 is 19.6 Å². The van der Waals surface area contributed by atoms with E-state index in [0.29, 0.717) is 26.5 Å². The number of anilines is 1. The summed E-state index contributed by atoms with van der Waals surface area (Å²) >= 11 is 5.94. The van der Waals surface area contributed by atoms with E-state index in [0.717, 1.165) is 17.4 Å². The van der Waals surface area contributed by atoms with Gasteiger partial charge in [-0.2, -0.15) is 21.6 Å². The van der Waals surface area contributed by atoms with E-state index >= 15 is 0 Å². The van der Waals surface area contributed by atoms with Crippen LogP contribution in [0.4, 0.5) is 18.9 Å². The molecule has 1 aliphatic rings. The largest absolute Gasteiger partial charge is 0.480 e. The highest BCUT2D eigenvalue weighted by Crippen LogP contribution is 2.32. The molecule has 3 aromatic rings. The summed E-state index contributed by atoms with van der Waals surface area (Å²) in [6.45, 7) is 6.11. The summed E-state index contributed by atoms with van der Waals surface area (Å²) in [5.41, 5.74) is -3.29. The molecule has 0 bridgehead atoms. The van der Waals surface area contributed by atoms with Crippen LogP contribution in [0.2, 0.25) is 5.02 Å². The first-order valence-corrected chi connectivity index (χ1v) is 18.2. The predicted molar refractivity (Wildman–Crippen MR) is 181 cm³/mol. The van der Waals surface area contributed by atoms with E-state index in [1.807, 2.05) is 0 Å². The Bertz CT molecular complexity index is 2100. The molecule has 0 spiro atoms. The number of hydrogen-bond acceptors (Lipinski definition) is 10. The molecule has 4 rings (SSSR count). The third-order valence-electron chi connectivity index (χ3n) is 6.30. The molecule has 0 saturated heterocycles. The Kier molecular flexibility index (Phi) is 14.5. The maximum atomic E-state index is 12.9. The van der Waals surface area contributed by atoms with Crippen molar-refractivity contribution in [3.8, 4) is 5.69 Å². The van der Waals surface area contributed by atoms with Crippen molar-refractivity contribution in [3.05, 3.63) is 91.2 Å². The molecular weight excluding hydrogens is 766 g/mol. The number of halogens is 4. The minimum atomic E-state index is -4.86. The van der Waals surface area contributed by atoms with E-state index in [1.165, 1.54) is 12.1 Å². The number of carbonyl (C=O) groups excluding carboxylic acids is 2. The van der Waals surface area contributed by atoms with Crippen molar-refractivity contribution in [2.45, 2.75) is 46.0 Å². The fourth-order valence-corrected chi connectivity index (χ4v) is 6.24. The van der Waals surface area contributed by atoms with Crippen LogP contribution in [-0.2, 0) is 37.5 Å². The zero-order valence-corrected chi connectivity index (χ0v) is 30.4. The summed E-state index contributed by atoms with van der Waals surface area (Å²) in [7, 11) is -6.95. The van der Waals surface area contributed by atoms with Crippen LogP contribution >= 0.6 is 19.2 Å². The molecule has 2 aromatic carbocycles. The van der Waals surface area contributed by atoms with Crippen molar-refractivity contribution >= 4 is 52.9 Å². The number of aromatic nitrogens is 2. The predicted octanol–water partition coefficient (Wildman–Crippen LogP) is 2.78. The van der Waals surface area contributed by atoms with Crippen LogP contribution in [0.5, 0.6) is 0 Å². The number of fused-ring (bicyclic) bond motifs is 1. The van der Waals surface area contributed by atoms with E-state index < -0.39 is 83.7 Å². The Hall–Kier alpha value is -4.53. The minimum Gasteiger partial charge on any atom is -0.480 e. The number of ether oxygens (including phenoxy) is 1. The Morgan fingerprint density at radius 2 is 1.63 bits per heavy atom. The summed E-state index contributed by atoms with van der Waals surface area (Å²) in [6, 6.07) is 10.1. The summed E-state index contributed by atoms with van der Waals surface area (Å²) in [6.07, 6.45) is -5.90. The number of carbonyl (C=O) groups is 3. The molecule has 0 fully saturated rings. The van der Waals surface area contributed by atoms with E-state index in [-0.39, 0.29) is 16.3 Å². The summed E-state index contributed by atoms with van der Waals surface area (Å²) in [5.74, 6) is -2.42. The van der Waals surface area contributed by atoms with Gasteiger partial charge in [0.05, 0.1) is 46.5 Å². The molecule has 1 amide bonds. The standard InChI is InChI=1S/C16H14ClF3N2O4.C10H12N2O3S.C3H8NO5P/c1-8(2)26-14(24)10-6-9(4-5-11(10)17)22-13(23)7-12(16(18,19)20)21(3)15(22)25;1-7(2)12-10(13)8-5-3-4-6-9(8)11-16(12,14)15;5-3(6)1-4-2-10(7,8)9/h4-8H,1-3H3;3-7,11H,1-2H3;4H,1-2H2,(H,5,6)(H2,7,8,9). The fourth-order valence-electron chi connectivity index (χ4n) is 4.22. The van der Waals surface area contributed by atoms with Gasteiger partial charge in [-0.3, -0.25) is 33.6 Å².